The molecule has 7 nitrogen and oxygen atoms in total. The molecule has 4 rings (SSSR count). The van der Waals surface area contributed by atoms with Crippen molar-refractivity contribution in [2.45, 2.75) is 50.2 Å². The molecule has 1 aromatic heterocycles. The van der Waals surface area contributed by atoms with Crippen molar-refractivity contribution in [3.63, 3.8) is 0 Å². The SMILES string of the molecule is CCOc1ccccc1/C=N\NC(=O)CSc1nnc(-c2ccc(Cl)cc2)n1C1CCCCC1. The van der Waals surface area contributed by atoms with Crippen molar-refractivity contribution in [2.75, 3.05) is 12.4 Å². The molecule has 1 aliphatic carbocycles. The number of benzene rings is 2. The van der Waals surface area contributed by atoms with Crippen LogP contribution in [0.15, 0.2) is 58.8 Å². The van der Waals surface area contributed by atoms with Gasteiger partial charge in [0.2, 0.25) is 0 Å². The second kappa shape index (κ2) is 12.0. The molecule has 0 aliphatic heterocycles. The van der Waals surface area contributed by atoms with Crippen LogP contribution in [-0.2, 0) is 4.79 Å². The summed E-state index contributed by atoms with van der Waals surface area (Å²) in [4.78, 5) is 12.5. The molecule has 0 spiro atoms. The van der Waals surface area contributed by atoms with Gasteiger partial charge in [0.15, 0.2) is 11.0 Å². The van der Waals surface area contributed by atoms with Gasteiger partial charge in [-0.3, -0.25) is 9.36 Å². The van der Waals surface area contributed by atoms with E-state index in [2.05, 4.69) is 25.3 Å². The summed E-state index contributed by atoms with van der Waals surface area (Å²) in [5.74, 6) is 1.53. The fourth-order valence-electron chi connectivity index (χ4n) is 4.05. The smallest absolute Gasteiger partial charge is 0.250 e. The monoisotopic (exact) mass is 497 g/mol. The minimum atomic E-state index is -0.207. The van der Waals surface area contributed by atoms with Gasteiger partial charge in [0, 0.05) is 22.2 Å². The van der Waals surface area contributed by atoms with Gasteiger partial charge < -0.3 is 4.74 Å². The Kier molecular flexibility index (Phi) is 8.60. The highest BCUT2D eigenvalue weighted by molar-refractivity contribution is 7.99. The zero-order valence-corrected chi connectivity index (χ0v) is 20.7. The van der Waals surface area contributed by atoms with E-state index in [9.17, 15) is 4.79 Å². The number of hydrogen-bond acceptors (Lipinski definition) is 6. The lowest BCUT2D eigenvalue weighted by Gasteiger charge is -2.25. The van der Waals surface area contributed by atoms with Crippen molar-refractivity contribution >= 4 is 35.5 Å². The predicted molar refractivity (Wildman–Crippen MR) is 137 cm³/mol. The molecule has 34 heavy (non-hydrogen) atoms. The number of ether oxygens (including phenoxy) is 1. The lowest BCUT2D eigenvalue weighted by Crippen LogP contribution is -2.20. The Hall–Kier alpha value is -2.84. The van der Waals surface area contributed by atoms with E-state index < -0.39 is 0 Å². The first kappa shape index (κ1) is 24.3. The number of carbonyl (C=O) groups excluding carboxylic acids is 1. The largest absolute Gasteiger partial charge is 0.493 e. The average Bonchev–Trinajstić information content (AvgIpc) is 3.29. The molecular weight excluding hydrogens is 470 g/mol. The van der Waals surface area contributed by atoms with Crippen molar-refractivity contribution in [3.8, 4) is 17.1 Å². The molecule has 0 radical (unpaired) electrons. The summed E-state index contributed by atoms with van der Waals surface area (Å²) in [7, 11) is 0. The number of thioether (sulfide) groups is 1. The van der Waals surface area contributed by atoms with Gasteiger partial charge in [-0.1, -0.05) is 54.8 Å². The van der Waals surface area contributed by atoms with Gasteiger partial charge in [0.1, 0.15) is 5.75 Å². The summed E-state index contributed by atoms with van der Waals surface area (Å²) in [5.41, 5.74) is 4.37. The number of nitrogens with one attached hydrogen (secondary N) is 1. The minimum Gasteiger partial charge on any atom is -0.493 e. The molecule has 0 atom stereocenters. The van der Waals surface area contributed by atoms with Crippen LogP contribution in [0.4, 0.5) is 0 Å². The Bertz CT molecular complexity index is 1130. The molecule has 1 heterocycles. The van der Waals surface area contributed by atoms with E-state index in [1.807, 2.05) is 55.5 Å². The van der Waals surface area contributed by atoms with Gasteiger partial charge in [-0.2, -0.15) is 5.10 Å². The molecule has 1 amide bonds. The second-order valence-electron chi connectivity index (χ2n) is 8.03. The maximum atomic E-state index is 12.5. The molecule has 1 aliphatic rings. The van der Waals surface area contributed by atoms with Crippen LogP contribution >= 0.6 is 23.4 Å². The first-order chi connectivity index (χ1) is 16.7. The van der Waals surface area contributed by atoms with E-state index in [0.717, 1.165) is 40.7 Å². The molecule has 1 N–H and O–H groups in total. The fraction of sp³-hybridized carbons (Fsp3) is 0.360. The van der Waals surface area contributed by atoms with Crippen LogP contribution in [0.5, 0.6) is 5.75 Å². The van der Waals surface area contributed by atoms with Crippen LogP contribution < -0.4 is 10.2 Å². The quantitative estimate of drug-likeness (QED) is 0.231. The molecule has 1 saturated carbocycles. The zero-order valence-electron chi connectivity index (χ0n) is 19.1. The van der Waals surface area contributed by atoms with Gasteiger partial charge in [-0.25, -0.2) is 5.43 Å². The summed E-state index contributed by atoms with van der Waals surface area (Å²) in [5, 5.41) is 14.4. The average molecular weight is 498 g/mol. The third kappa shape index (κ3) is 6.18. The minimum absolute atomic E-state index is 0.190. The van der Waals surface area contributed by atoms with Crippen LogP contribution in [0.3, 0.4) is 0 Å². The van der Waals surface area contributed by atoms with Gasteiger partial charge in [-0.05, 0) is 56.2 Å². The number of nitrogens with zero attached hydrogens (tertiary/aromatic N) is 4. The maximum absolute atomic E-state index is 12.5. The molecule has 0 bridgehead atoms. The van der Waals surface area contributed by atoms with Crippen LogP contribution in [0.25, 0.3) is 11.4 Å². The highest BCUT2D eigenvalue weighted by Crippen LogP contribution is 2.35. The summed E-state index contributed by atoms with van der Waals surface area (Å²) < 4.78 is 7.78. The predicted octanol–water partition coefficient (Wildman–Crippen LogP) is 5.74. The Morgan fingerprint density at radius 3 is 2.71 bits per heavy atom. The molecule has 2 aromatic carbocycles. The van der Waals surface area contributed by atoms with Crippen molar-refractivity contribution in [1.82, 2.24) is 20.2 Å². The van der Waals surface area contributed by atoms with E-state index in [4.69, 9.17) is 16.3 Å². The standard InChI is InChI=1S/C25H28ClN5O2S/c1-2-33-22-11-7-6-8-19(22)16-27-28-23(32)17-34-25-30-29-24(18-12-14-20(26)15-13-18)31(25)21-9-4-3-5-10-21/h6-8,11-16,21H,2-5,9-10,17H2,1H3,(H,28,32)/b27-16-. The van der Waals surface area contributed by atoms with E-state index in [0.29, 0.717) is 17.7 Å². The third-order valence-corrected chi connectivity index (χ3v) is 6.85. The second-order valence-corrected chi connectivity index (χ2v) is 9.41. The van der Waals surface area contributed by atoms with Gasteiger partial charge in [0.05, 0.1) is 18.6 Å². The van der Waals surface area contributed by atoms with Gasteiger partial charge in [0.25, 0.3) is 5.91 Å². The highest BCUT2D eigenvalue weighted by atomic mass is 35.5. The zero-order chi connectivity index (χ0) is 23.8. The number of para-hydroxylation sites is 1. The van der Waals surface area contributed by atoms with Crippen LogP contribution in [-0.4, -0.2) is 39.2 Å². The molecule has 178 valence electrons. The molecular formula is C25H28ClN5O2S. The van der Waals surface area contributed by atoms with Crippen molar-refractivity contribution in [2.24, 2.45) is 5.10 Å². The molecule has 1 fully saturated rings. The third-order valence-electron chi connectivity index (χ3n) is 5.65. The lowest BCUT2D eigenvalue weighted by molar-refractivity contribution is -0.118. The highest BCUT2D eigenvalue weighted by Gasteiger charge is 2.24. The number of aromatic nitrogens is 3. The van der Waals surface area contributed by atoms with E-state index in [1.165, 1.54) is 31.0 Å². The first-order valence-electron chi connectivity index (χ1n) is 11.5. The van der Waals surface area contributed by atoms with E-state index in [-0.39, 0.29) is 11.7 Å². The number of rotatable bonds is 9. The molecule has 0 unspecified atom stereocenters. The molecule has 0 saturated heterocycles. The summed E-state index contributed by atoms with van der Waals surface area (Å²) >= 11 is 7.45. The van der Waals surface area contributed by atoms with Crippen LogP contribution in [0.2, 0.25) is 5.02 Å². The molecule has 9 heteroatoms. The summed E-state index contributed by atoms with van der Waals surface area (Å²) in [6.07, 6.45) is 7.39. The number of halogens is 1. The number of carbonyl (C=O) groups is 1. The van der Waals surface area contributed by atoms with E-state index in [1.54, 1.807) is 6.21 Å². The Morgan fingerprint density at radius 2 is 1.94 bits per heavy atom. The Labute approximate surface area is 208 Å². The maximum Gasteiger partial charge on any atom is 0.250 e. The number of hydrogen-bond donors (Lipinski definition) is 1. The van der Waals surface area contributed by atoms with Gasteiger partial charge in [-0.15, -0.1) is 10.2 Å². The first-order valence-corrected chi connectivity index (χ1v) is 12.9. The fourth-order valence-corrected chi connectivity index (χ4v) is 4.97. The normalized spacial score (nSPS) is 14.4. The Balaban J connectivity index is 1.44. The van der Waals surface area contributed by atoms with Crippen molar-refractivity contribution < 1.29 is 9.53 Å². The summed E-state index contributed by atoms with van der Waals surface area (Å²) in [6.45, 7) is 2.49. The van der Waals surface area contributed by atoms with Gasteiger partial charge >= 0.3 is 0 Å². The summed E-state index contributed by atoms with van der Waals surface area (Å²) in [6, 6.07) is 15.5. The van der Waals surface area contributed by atoms with Crippen LogP contribution in [0, 0.1) is 0 Å². The van der Waals surface area contributed by atoms with Crippen molar-refractivity contribution in [1.29, 1.82) is 0 Å². The topological polar surface area (TPSA) is 81.4 Å². The lowest BCUT2D eigenvalue weighted by atomic mass is 9.95. The number of amides is 1. The number of hydrazone groups is 1. The van der Waals surface area contributed by atoms with E-state index >= 15 is 0 Å². The Morgan fingerprint density at radius 1 is 1.18 bits per heavy atom. The molecule has 3 aromatic rings. The van der Waals surface area contributed by atoms with Crippen molar-refractivity contribution in [3.05, 3.63) is 59.1 Å². The van der Waals surface area contributed by atoms with Crippen LogP contribution in [0.1, 0.15) is 50.6 Å².